The molecule has 0 unspecified atom stereocenters. The third kappa shape index (κ3) is 5.13. The first-order chi connectivity index (χ1) is 12.1. The van der Waals surface area contributed by atoms with Crippen LogP contribution in [0.5, 0.6) is 5.75 Å². The van der Waals surface area contributed by atoms with Gasteiger partial charge in [-0.1, -0.05) is 6.07 Å². The highest BCUT2D eigenvalue weighted by molar-refractivity contribution is 5.68. The van der Waals surface area contributed by atoms with Crippen LogP contribution in [0.3, 0.4) is 0 Å². The molecule has 1 aliphatic rings. The topological polar surface area (TPSA) is 50.8 Å². The average Bonchev–Trinajstić information content (AvgIpc) is 2.55. The predicted molar refractivity (Wildman–Crippen MR) is 105 cm³/mol. The first-order valence-electron chi connectivity index (χ1n) is 9.50. The maximum Gasteiger partial charge on any atom is 0.407 e. The van der Waals surface area contributed by atoms with Crippen molar-refractivity contribution in [1.82, 2.24) is 10.2 Å². The fraction of sp³-hybridized carbons (Fsp3) is 0.667. The number of likely N-dealkylation sites (tertiary alicyclic amines) is 1. The van der Waals surface area contributed by atoms with Crippen LogP contribution in [0.25, 0.3) is 0 Å². The molecule has 1 heterocycles. The van der Waals surface area contributed by atoms with E-state index in [4.69, 9.17) is 9.47 Å². The van der Waals surface area contributed by atoms with Crippen molar-refractivity contribution in [2.24, 2.45) is 0 Å². The molecule has 0 aromatic heterocycles. The van der Waals surface area contributed by atoms with Gasteiger partial charge < -0.3 is 14.8 Å². The summed E-state index contributed by atoms with van der Waals surface area (Å²) in [5.74, 6) is 0.943. The summed E-state index contributed by atoms with van der Waals surface area (Å²) in [6, 6.07) is 4.77. The lowest BCUT2D eigenvalue weighted by Crippen LogP contribution is -2.46. The molecule has 0 spiro atoms. The van der Waals surface area contributed by atoms with Crippen molar-refractivity contribution in [3.05, 3.63) is 28.8 Å². The molecule has 1 aliphatic heterocycles. The average molecular weight is 363 g/mol. The molecule has 0 radical (unpaired) electrons. The molecule has 1 aromatic rings. The van der Waals surface area contributed by atoms with Gasteiger partial charge in [0, 0.05) is 25.2 Å². The van der Waals surface area contributed by atoms with E-state index in [9.17, 15) is 4.79 Å². The van der Waals surface area contributed by atoms with E-state index < -0.39 is 5.60 Å². The van der Waals surface area contributed by atoms with Crippen molar-refractivity contribution < 1.29 is 14.3 Å². The van der Waals surface area contributed by atoms with Crippen LogP contribution in [0.4, 0.5) is 4.79 Å². The Morgan fingerprint density at radius 3 is 2.35 bits per heavy atom. The van der Waals surface area contributed by atoms with Gasteiger partial charge in [-0.25, -0.2) is 4.79 Å². The van der Waals surface area contributed by atoms with Crippen LogP contribution in [-0.4, -0.2) is 42.8 Å². The van der Waals surface area contributed by atoms with E-state index in [0.29, 0.717) is 6.04 Å². The normalized spacial score (nSPS) is 17.7. The molecule has 1 atom stereocenters. The Kier molecular flexibility index (Phi) is 6.56. The zero-order valence-corrected chi connectivity index (χ0v) is 17.3. The Hall–Kier alpha value is -1.75. The second-order valence-corrected chi connectivity index (χ2v) is 8.24. The lowest BCUT2D eigenvalue weighted by molar-refractivity contribution is 0.0470. The zero-order valence-electron chi connectivity index (χ0n) is 17.3. The number of carbonyl (C=O) groups is 1. The maximum atomic E-state index is 11.9. The molecule has 1 N–H and O–H groups in total. The largest absolute Gasteiger partial charge is 0.496 e. The van der Waals surface area contributed by atoms with Crippen molar-refractivity contribution in [2.45, 2.75) is 72.1 Å². The van der Waals surface area contributed by atoms with E-state index in [1.807, 2.05) is 20.8 Å². The molecule has 2 rings (SSSR count). The van der Waals surface area contributed by atoms with Gasteiger partial charge >= 0.3 is 6.09 Å². The molecule has 5 heteroatoms. The molecular weight excluding hydrogens is 328 g/mol. The monoisotopic (exact) mass is 362 g/mol. The Bertz CT molecular complexity index is 629. The van der Waals surface area contributed by atoms with Gasteiger partial charge in [0.25, 0.3) is 0 Å². The number of alkyl carbamates (subject to hydrolysis) is 1. The van der Waals surface area contributed by atoms with Crippen LogP contribution in [0.15, 0.2) is 12.1 Å². The molecule has 5 nitrogen and oxygen atoms in total. The first kappa shape index (κ1) is 20.6. The Morgan fingerprint density at radius 1 is 1.19 bits per heavy atom. The standard InChI is InChI=1S/C21H34N2O3/c1-14-15(2)19(25-7)9-8-18(14)16(3)23-12-10-17(11-13-23)22-20(24)26-21(4,5)6/h8-9,16-17H,10-13H2,1-7H3,(H,22,24)/t16-/m0/s1. The van der Waals surface area contributed by atoms with Crippen LogP contribution >= 0.6 is 0 Å². The third-order valence-electron chi connectivity index (χ3n) is 5.25. The summed E-state index contributed by atoms with van der Waals surface area (Å²) >= 11 is 0. The minimum atomic E-state index is -0.455. The number of methoxy groups -OCH3 is 1. The Balaban J connectivity index is 1.93. The number of ether oxygens (including phenoxy) is 2. The third-order valence-corrected chi connectivity index (χ3v) is 5.25. The quantitative estimate of drug-likeness (QED) is 0.864. The molecule has 1 aromatic carbocycles. The van der Waals surface area contributed by atoms with Crippen molar-refractivity contribution >= 4 is 6.09 Å². The first-order valence-corrected chi connectivity index (χ1v) is 9.50. The lowest BCUT2D eigenvalue weighted by Gasteiger charge is -2.37. The minimum absolute atomic E-state index is 0.187. The van der Waals surface area contributed by atoms with E-state index in [0.717, 1.165) is 31.7 Å². The fourth-order valence-electron chi connectivity index (χ4n) is 3.59. The Labute approximate surface area is 158 Å². The van der Waals surface area contributed by atoms with Crippen LogP contribution in [-0.2, 0) is 4.74 Å². The molecule has 146 valence electrons. The van der Waals surface area contributed by atoms with Crippen LogP contribution in [0, 0.1) is 13.8 Å². The highest BCUT2D eigenvalue weighted by atomic mass is 16.6. The summed E-state index contributed by atoms with van der Waals surface area (Å²) in [6.07, 6.45) is 1.57. The van der Waals surface area contributed by atoms with Gasteiger partial charge in [0.1, 0.15) is 11.4 Å². The summed E-state index contributed by atoms with van der Waals surface area (Å²) in [6.45, 7) is 14.1. The van der Waals surface area contributed by atoms with Crippen molar-refractivity contribution in [3.8, 4) is 5.75 Å². The lowest BCUT2D eigenvalue weighted by atomic mass is 9.94. The number of nitrogens with one attached hydrogen (secondary N) is 1. The van der Waals surface area contributed by atoms with Crippen LogP contribution in [0.1, 0.15) is 63.3 Å². The van der Waals surface area contributed by atoms with Crippen molar-refractivity contribution in [2.75, 3.05) is 20.2 Å². The predicted octanol–water partition coefficient (Wildman–Crippen LogP) is 4.36. The zero-order chi connectivity index (χ0) is 19.5. The van der Waals surface area contributed by atoms with Crippen LogP contribution in [0.2, 0.25) is 0 Å². The summed E-state index contributed by atoms with van der Waals surface area (Å²) < 4.78 is 10.8. The molecule has 0 bridgehead atoms. The van der Waals surface area contributed by atoms with Gasteiger partial charge in [-0.3, -0.25) is 4.90 Å². The number of amides is 1. The van der Waals surface area contributed by atoms with Gasteiger partial charge in [0.2, 0.25) is 0 Å². The highest BCUT2D eigenvalue weighted by Crippen LogP contribution is 2.31. The molecule has 1 amide bonds. The second-order valence-electron chi connectivity index (χ2n) is 8.24. The summed E-state index contributed by atoms with van der Waals surface area (Å²) in [5.41, 5.74) is 3.40. The molecule has 1 fully saturated rings. The Morgan fingerprint density at radius 2 is 1.81 bits per heavy atom. The van der Waals surface area contributed by atoms with Crippen molar-refractivity contribution in [3.63, 3.8) is 0 Å². The SMILES string of the molecule is COc1ccc([C@H](C)N2CCC(NC(=O)OC(C)(C)C)CC2)c(C)c1C. The number of hydrogen-bond acceptors (Lipinski definition) is 4. The van der Waals surface area contributed by atoms with E-state index in [2.05, 4.69) is 43.1 Å². The van der Waals surface area contributed by atoms with Gasteiger partial charge in [0.15, 0.2) is 0 Å². The summed E-state index contributed by atoms with van der Waals surface area (Å²) in [4.78, 5) is 14.4. The number of nitrogens with zero attached hydrogens (tertiary/aromatic N) is 1. The number of carbonyl (C=O) groups excluding carboxylic acids is 1. The highest BCUT2D eigenvalue weighted by Gasteiger charge is 2.27. The van der Waals surface area contributed by atoms with Gasteiger partial charge in [-0.2, -0.15) is 0 Å². The second kappa shape index (κ2) is 8.30. The van der Waals surface area contributed by atoms with E-state index >= 15 is 0 Å². The summed E-state index contributed by atoms with van der Waals surface area (Å²) in [5, 5.41) is 3.01. The molecular formula is C21H34N2O3. The van der Waals surface area contributed by atoms with E-state index in [1.165, 1.54) is 16.7 Å². The molecule has 0 aliphatic carbocycles. The number of piperidine rings is 1. The summed E-state index contributed by atoms with van der Waals surface area (Å²) in [7, 11) is 1.72. The van der Waals surface area contributed by atoms with Crippen LogP contribution < -0.4 is 10.1 Å². The van der Waals surface area contributed by atoms with Gasteiger partial charge in [0.05, 0.1) is 7.11 Å². The van der Waals surface area contributed by atoms with Gasteiger partial charge in [-0.05, 0) is 77.1 Å². The number of benzene rings is 1. The van der Waals surface area contributed by atoms with Crippen molar-refractivity contribution in [1.29, 1.82) is 0 Å². The smallest absolute Gasteiger partial charge is 0.407 e. The maximum absolute atomic E-state index is 11.9. The van der Waals surface area contributed by atoms with Gasteiger partial charge in [-0.15, -0.1) is 0 Å². The molecule has 0 saturated carbocycles. The van der Waals surface area contributed by atoms with E-state index in [-0.39, 0.29) is 12.1 Å². The van der Waals surface area contributed by atoms with E-state index in [1.54, 1.807) is 7.11 Å². The molecule has 26 heavy (non-hydrogen) atoms. The minimum Gasteiger partial charge on any atom is -0.496 e. The fourth-order valence-corrected chi connectivity index (χ4v) is 3.59. The molecule has 1 saturated heterocycles. The number of hydrogen-bond donors (Lipinski definition) is 1. The number of rotatable bonds is 4.